The summed E-state index contributed by atoms with van der Waals surface area (Å²) in [5.41, 5.74) is -0.690. The molecule has 0 aliphatic rings. The molecule has 6 nitrogen and oxygen atoms in total. The molecule has 0 amide bonds. The van der Waals surface area contributed by atoms with Crippen LogP contribution in [0.1, 0.15) is 15.9 Å². The Bertz CT molecular complexity index is 507. The second-order valence-corrected chi connectivity index (χ2v) is 3.06. The van der Waals surface area contributed by atoms with E-state index in [1.807, 2.05) is 0 Å². The second kappa shape index (κ2) is 4.59. The van der Waals surface area contributed by atoms with Gasteiger partial charge in [0.1, 0.15) is 6.07 Å². The SMILES string of the molecule is COc1cc(C#N)c(C(=O)Cl)cc1[N+](=O)[O-]. The average Bonchev–Trinajstić information content (AvgIpc) is 2.26. The Hall–Kier alpha value is -2.13. The standard InChI is InChI=1S/C9H5ClN2O4/c1-16-8-2-5(4-11)6(9(10)13)3-7(8)12(14)15/h2-3H,1H3. The number of benzene rings is 1. The van der Waals surface area contributed by atoms with E-state index in [1.165, 1.54) is 7.11 Å². The van der Waals surface area contributed by atoms with E-state index in [-0.39, 0.29) is 16.9 Å². The molecular weight excluding hydrogens is 236 g/mol. The third-order valence-corrected chi connectivity index (χ3v) is 2.05. The lowest BCUT2D eigenvalue weighted by atomic mass is 10.1. The van der Waals surface area contributed by atoms with E-state index >= 15 is 0 Å². The molecule has 1 aromatic rings. The number of nitriles is 1. The van der Waals surface area contributed by atoms with Crippen molar-refractivity contribution in [3.63, 3.8) is 0 Å². The summed E-state index contributed by atoms with van der Waals surface area (Å²) in [6.45, 7) is 0. The highest BCUT2D eigenvalue weighted by atomic mass is 35.5. The molecule has 0 aromatic heterocycles. The highest BCUT2D eigenvalue weighted by Gasteiger charge is 2.21. The number of hydrogen-bond acceptors (Lipinski definition) is 5. The average molecular weight is 241 g/mol. The summed E-state index contributed by atoms with van der Waals surface area (Å²) in [4.78, 5) is 20.9. The fraction of sp³-hybridized carbons (Fsp3) is 0.111. The first-order valence-corrected chi connectivity index (χ1v) is 4.35. The molecule has 82 valence electrons. The maximum atomic E-state index is 11.0. The van der Waals surface area contributed by atoms with Crippen LogP contribution in [0.4, 0.5) is 5.69 Å². The van der Waals surface area contributed by atoms with Crippen LogP contribution in [0.2, 0.25) is 0 Å². The molecule has 0 spiro atoms. The summed E-state index contributed by atoms with van der Waals surface area (Å²) in [7, 11) is 1.23. The molecule has 0 saturated heterocycles. The van der Waals surface area contributed by atoms with Crippen molar-refractivity contribution in [3.8, 4) is 11.8 Å². The van der Waals surface area contributed by atoms with Gasteiger partial charge in [-0.25, -0.2) is 0 Å². The Morgan fingerprint density at radius 3 is 2.62 bits per heavy atom. The summed E-state index contributed by atoms with van der Waals surface area (Å²) in [6, 6.07) is 3.74. The Morgan fingerprint density at radius 2 is 2.25 bits per heavy atom. The van der Waals surface area contributed by atoms with Gasteiger partial charge in [0, 0.05) is 12.1 Å². The third-order valence-electron chi connectivity index (χ3n) is 1.85. The maximum absolute atomic E-state index is 11.0. The van der Waals surface area contributed by atoms with Crippen molar-refractivity contribution in [2.45, 2.75) is 0 Å². The van der Waals surface area contributed by atoms with Crippen molar-refractivity contribution in [1.82, 2.24) is 0 Å². The van der Waals surface area contributed by atoms with Crippen LogP contribution in [0.15, 0.2) is 12.1 Å². The maximum Gasteiger partial charge on any atom is 0.311 e. The molecule has 0 aliphatic carbocycles. The van der Waals surface area contributed by atoms with Crippen LogP contribution in [0.3, 0.4) is 0 Å². The lowest BCUT2D eigenvalue weighted by Gasteiger charge is -2.04. The van der Waals surface area contributed by atoms with Crippen LogP contribution in [0, 0.1) is 21.4 Å². The van der Waals surface area contributed by atoms with Crippen molar-refractivity contribution in [3.05, 3.63) is 33.4 Å². The first-order valence-electron chi connectivity index (χ1n) is 3.97. The highest BCUT2D eigenvalue weighted by Crippen LogP contribution is 2.30. The van der Waals surface area contributed by atoms with Crippen molar-refractivity contribution in [1.29, 1.82) is 5.26 Å². The normalized spacial score (nSPS) is 9.31. The summed E-state index contributed by atoms with van der Waals surface area (Å²) >= 11 is 5.21. The quantitative estimate of drug-likeness (QED) is 0.457. The summed E-state index contributed by atoms with van der Waals surface area (Å²) in [5, 5.41) is 18.4. The Kier molecular flexibility index (Phi) is 3.43. The minimum absolute atomic E-state index is 0.0672. The number of ether oxygens (including phenoxy) is 1. The van der Waals surface area contributed by atoms with Crippen LogP contribution < -0.4 is 4.74 Å². The van der Waals surface area contributed by atoms with E-state index in [2.05, 4.69) is 0 Å². The molecular formula is C9H5ClN2O4. The van der Waals surface area contributed by atoms with Crippen LogP contribution in [-0.4, -0.2) is 17.3 Å². The smallest absolute Gasteiger partial charge is 0.311 e. The molecule has 0 heterocycles. The van der Waals surface area contributed by atoms with Gasteiger partial charge in [-0.2, -0.15) is 5.26 Å². The molecule has 1 aromatic carbocycles. The van der Waals surface area contributed by atoms with Gasteiger partial charge in [-0.3, -0.25) is 14.9 Å². The van der Waals surface area contributed by atoms with E-state index < -0.39 is 15.9 Å². The fourth-order valence-electron chi connectivity index (χ4n) is 1.13. The van der Waals surface area contributed by atoms with E-state index in [9.17, 15) is 14.9 Å². The zero-order valence-corrected chi connectivity index (χ0v) is 8.82. The van der Waals surface area contributed by atoms with Gasteiger partial charge in [-0.15, -0.1) is 0 Å². The monoisotopic (exact) mass is 240 g/mol. The van der Waals surface area contributed by atoms with Crippen molar-refractivity contribution >= 4 is 22.5 Å². The Morgan fingerprint density at radius 1 is 1.62 bits per heavy atom. The van der Waals surface area contributed by atoms with Crippen molar-refractivity contribution in [2.75, 3.05) is 7.11 Å². The van der Waals surface area contributed by atoms with Gasteiger partial charge in [0.2, 0.25) is 0 Å². The minimum Gasteiger partial charge on any atom is -0.490 e. The highest BCUT2D eigenvalue weighted by molar-refractivity contribution is 6.68. The van der Waals surface area contributed by atoms with E-state index in [4.69, 9.17) is 21.6 Å². The molecule has 0 atom stereocenters. The predicted molar refractivity (Wildman–Crippen MR) is 54.5 cm³/mol. The van der Waals surface area contributed by atoms with Crippen LogP contribution in [0.5, 0.6) is 5.75 Å². The molecule has 0 radical (unpaired) electrons. The van der Waals surface area contributed by atoms with Gasteiger partial charge in [0.25, 0.3) is 5.24 Å². The number of carbonyl (C=O) groups excluding carboxylic acids is 1. The van der Waals surface area contributed by atoms with E-state index in [0.29, 0.717) is 0 Å². The Labute approximate surface area is 95.2 Å². The van der Waals surface area contributed by atoms with Crippen LogP contribution >= 0.6 is 11.6 Å². The van der Waals surface area contributed by atoms with Gasteiger partial charge in [0.15, 0.2) is 5.75 Å². The van der Waals surface area contributed by atoms with Crippen LogP contribution in [-0.2, 0) is 0 Å². The number of halogens is 1. The first kappa shape index (κ1) is 11.9. The third kappa shape index (κ3) is 2.10. The topological polar surface area (TPSA) is 93.2 Å². The zero-order valence-electron chi connectivity index (χ0n) is 8.06. The second-order valence-electron chi connectivity index (χ2n) is 2.71. The zero-order chi connectivity index (χ0) is 12.3. The molecule has 0 saturated carbocycles. The molecule has 0 unspecified atom stereocenters. The molecule has 0 aliphatic heterocycles. The molecule has 7 heteroatoms. The molecule has 0 N–H and O–H groups in total. The summed E-state index contributed by atoms with van der Waals surface area (Å²) in [5.74, 6) is -0.0942. The van der Waals surface area contributed by atoms with Crippen molar-refractivity contribution < 1.29 is 14.5 Å². The van der Waals surface area contributed by atoms with Gasteiger partial charge in [-0.05, 0) is 11.6 Å². The fourth-order valence-corrected chi connectivity index (χ4v) is 1.29. The number of nitro groups is 1. The number of nitro benzene ring substituents is 1. The van der Waals surface area contributed by atoms with Gasteiger partial charge >= 0.3 is 5.69 Å². The van der Waals surface area contributed by atoms with Crippen LogP contribution in [0.25, 0.3) is 0 Å². The number of hydrogen-bond donors (Lipinski definition) is 0. The van der Waals surface area contributed by atoms with Crippen molar-refractivity contribution in [2.24, 2.45) is 0 Å². The van der Waals surface area contributed by atoms with Gasteiger partial charge in [0.05, 0.1) is 23.2 Å². The first-order chi connectivity index (χ1) is 7.51. The number of nitrogens with zero attached hydrogens (tertiary/aromatic N) is 2. The lowest BCUT2D eigenvalue weighted by molar-refractivity contribution is -0.385. The molecule has 0 bridgehead atoms. The largest absolute Gasteiger partial charge is 0.490 e. The number of methoxy groups -OCH3 is 1. The van der Waals surface area contributed by atoms with E-state index in [1.54, 1.807) is 6.07 Å². The van der Waals surface area contributed by atoms with E-state index in [0.717, 1.165) is 12.1 Å². The Balaban J connectivity index is 3.54. The molecule has 16 heavy (non-hydrogen) atoms. The lowest BCUT2D eigenvalue weighted by Crippen LogP contribution is -2.00. The minimum atomic E-state index is -0.928. The number of rotatable bonds is 3. The van der Waals surface area contributed by atoms with Gasteiger partial charge in [-0.1, -0.05) is 0 Å². The summed E-state index contributed by atoms with van der Waals surface area (Å²) in [6.07, 6.45) is 0. The number of carbonyl (C=O) groups is 1. The predicted octanol–water partition coefficient (Wildman–Crippen LogP) is 1.85. The molecule has 0 fully saturated rings. The van der Waals surface area contributed by atoms with Gasteiger partial charge < -0.3 is 4.74 Å². The molecule has 1 rings (SSSR count). The summed E-state index contributed by atoms with van der Waals surface area (Å²) < 4.78 is 4.74.